The van der Waals surface area contributed by atoms with E-state index in [1.807, 2.05) is 52.0 Å². The number of esters is 1. The van der Waals surface area contributed by atoms with E-state index >= 15 is 0 Å². The first-order chi connectivity index (χ1) is 30.2. The van der Waals surface area contributed by atoms with Gasteiger partial charge in [-0.3, -0.25) is 14.4 Å². The number of nitrogens with zero attached hydrogens (tertiary/aromatic N) is 1. The zero-order valence-corrected chi connectivity index (χ0v) is 41.3. The van der Waals surface area contributed by atoms with Crippen LogP contribution in [0.2, 0.25) is 0 Å². The van der Waals surface area contributed by atoms with Gasteiger partial charge in [-0.25, -0.2) is 4.79 Å². The van der Waals surface area contributed by atoms with E-state index in [1.165, 1.54) is 12.0 Å². The number of carbonyl (C=O) groups excluding carboxylic acids is 4. The Morgan fingerprint density at radius 3 is 2.23 bits per heavy atom. The van der Waals surface area contributed by atoms with Gasteiger partial charge in [0.1, 0.15) is 24.4 Å². The second-order valence-electron chi connectivity index (χ2n) is 19.9. The normalized spacial score (nSPS) is 29.5. The Morgan fingerprint density at radius 1 is 0.906 bits per heavy atom. The van der Waals surface area contributed by atoms with Crippen LogP contribution >= 0.6 is 0 Å². The molecule has 14 atom stereocenters. The third-order valence-electron chi connectivity index (χ3n) is 14.1. The number of piperidine rings is 1. The number of aliphatic hydroxyl groups excluding tert-OH is 2. The number of amides is 1. The molecular weight excluding hydrogens is 819 g/mol. The second-order valence-corrected chi connectivity index (χ2v) is 19.9. The van der Waals surface area contributed by atoms with Crippen LogP contribution in [0.5, 0.6) is 0 Å². The van der Waals surface area contributed by atoms with Crippen molar-refractivity contribution in [3.05, 3.63) is 35.5 Å². The number of ketones is 2. The van der Waals surface area contributed by atoms with Crippen LogP contribution in [-0.2, 0) is 42.9 Å². The monoisotopic (exact) mass is 904 g/mol. The highest BCUT2D eigenvalue weighted by atomic mass is 16.6. The molecule has 0 bridgehead atoms. The molecule has 13 heteroatoms. The van der Waals surface area contributed by atoms with Crippen molar-refractivity contribution in [2.45, 2.75) is 200 Å². The molecular formula is C51H85NO12. The Bertz CT molecular complexity index is 1590. The molecule has 0 aromatic rings. The van der Waals surface area contributed by atoms with Gasteiger partial charge in [0.2, 0.25) is 5.79 Å². The van der Waals surface area contributed by atoms with E-state index in [0.717, 1.165) is 18.4 Å². The van der Waals surface area contributed by atoms with Gasteiger partial charge < -0.3 is 43.9 Å². The molecule has 0 aromatic heterocycles. The number of likely N-dealkylation sites (tertiary alicyclic amines) is 1. The fraction of sp³-hybridized carbons (Fsp3) is 0.804. The maximum absolute atomic E-state index is 14.4. The van der Waals surface area contributed by atoms with Crippen LogP contribution in [0, 0.1) is 35.5 Å². The lowest BCUT2D eigenvalue weighted by Crippen LogP contribution is -2.61. The van der Waals surface area contributed by atoms with Gasteiger partial charge in [0.15, 0.2) is 5.78 Å². The van der Waals surface area contributed by atoms with Gasteiger partial charge in [-0.1, -0.05) is 65.8 Å². The number of aliphatic hydroxyl groups is 3. The number of carbonyl (C=O) groups is 4. The van der Waals surface area contributed by atoms with Gasteiger partial charge in [-0.15, -0.1) is 0 Å². The zero-order chi connectivity index (χ0) is 47.9. The largest absolute Gasteiger partial charge is 0.461 e. The molecule has 2 aliphatic heterocycles. The molecule has 3 N–H and O–H groups in total. The average Bonchev–Trinajstić information content (AvgIpc) is 3.26. The summed E-state index contributed by atoms with van der Waals surface area (Å²) in [5.41, 5.74) is 1.58. The molecule has 3 aliphatic rings. The van der Waals surface area contributed by atoms with Gasteiger partial charge in [-0.2, -0.15) is 0 Å². The molecule has 0 unspecified atom stereocenters. The molecule has 3 rings (SSSR count). The molecule has 0 radical (unpaired) electrons. The van der Waals surface area contributed by atoms with E-state index in [2.05, 4.69) is 20.8 Å². The first-order valence-electron chi connectivity index (χ1n) is 24.1. The molecule has 13 nitrogen and oxygen atoms in total. The molecule has 366 valence electrons. The van der Waals surface area contributed by atoms with Crippen molar-refractivity contribution >= 4 is 23.4 Å². The third-order valence-corrected chi connectivity index (χ3v) is 14.1. The highest BCUT2D eigenvalue weighted by Crippen LogP contribution is 2.38. The maximum atomic E-state index is 14.4. The molecule has 1 amide bonds. The predicted octanol–water partition coefficient (Wildman–Crippen LogP) is 7.47. The summed E-state index contributed by atoms with van der Waals surface area (Å²) < 4.78 is 29.4. The van der Waals surface area contributed by atoms with E-state index in [0.29, 0.717) is 82.1 Å². The summed E-state index contributed by atoms with van der Waals surface area (Å²) >= 11 is 0. The van der Waals surface area contributed by atoms with Crippen molar-refractivity contribution < 1.29 is 58.2 Å². The summed E-state index contributed by atoms with van der Waals surface area (Å²) in [4.78, 5) is 57.2. The number of hydrogen-bond acceptors (Lipinski definition) is 12. The number of allylic oxidation sites excluding steroid dienone is 4. The molecule has 2 saturated heterocycles. The first-order valence-corrected chi connectivity index (χ1v) is 24.1. The number of Topliss-reactive ketones (excluding diaryl/α,β-unsaturated/α-hetero) is 2. The zero-order valence-electron chi connectivity index (χ0n) is 41.3. The van der Waals surface area contributed by atoms with E-state index in [9.17, 15) is 34.5 Å². The fourth-order valence-corrected chi connectivity index (χ4v) is 10.1. The van der Waals surface area contributed by atoms with Crippen LogP contribution in [-0.4, -0.2) is 126 Å². The number of ether oxygens (including phenoxy) is 5. The van der Waals surface area contributed by atoms with E-state index in [4.69, 9.17) is 23.7 Å². The van der Waals surface area contributed by atoms with Crippen LogP contribution in [0.15, 0.2) is 35.5 Å². The summed E-state index contributed by atoms with van der Waals surface area (Å²) in [5.74, 6) is -5.65. The maximum Gasteiger partial charge on any atom is 0.329 e. The molecule has 2 heterocycles. The minimum atomic E-state index is -2.37. The lowest BCUT2D eigenvalue weighted by Gasteiger charge is -2.42. The smallest absolute Gasteiger partial charge is 0.329 e. The van der Waals surface area contributed by atoms with Gasteiger partial charge in [-0.05, 0) is 133 Å². The highest BCUT2D eigenvalue weighted by Gasteiger charge is 2.53. The Morgan fingerprint density at radius 2 is 1.61 bits per heavy atom. The Balaban J connectivity index is 1.82. The van der Waals surface area contributed by atoms with Gasteiger partial charge >= 0.3 is 5.97 Å². The summed E-state index contributed by atoms with van der Waals surface area (Å²) in [6, 6.07) is -1.02. The van der Waals surface area contributed by atoms with Gasteiger partial charge in [0, 0.05) is 46.1 Å². The first kappa shape index (κ1) is 55.5. The summed E-state index contributed by atoms with van der Waals surface area (Å²) in [7, 11) is 4.65. The third kappa shape index (κ3) is 15.4. The van der Waals surface area contributed by atoms with Crippen LogP contribution in [0.25, 0.3) is 0 Å². The Labute approximate surface area is 384 Å². The average molecular weight is 904 g/mol. The standard InChI is InChI=1S/C51H85NO12/c1-13-14-17-33(5)43(60-10)30-39-22-20-37(9)51(59,64-39)48(56)49(57)52-25-16-15-18-40(52)50(58)63-42(34(6)28-38-21-23-41(53)44(29-38)61-11)24-19-32(4)27-36(8)46(55)47(62-12)45(54)35(7)26-31(2)3/h13-14,17,27,31-32,34-35,37-44,46-47,53,55,59H,15-16,18-26,28-30H2,1-12H3/b14-13+,33-17+,36-27+/t32-,34+,35+,37+,38+,39-,40-,41+,42-,43-,44+,46+,47-,51+/m0/s1. The minimum Gasteiger partial charge on any atom is -0.461 e. The van der Waals surface area contributed by atoms with Crippen molar-refractivity contribution in [1.29, 1.82) is 0 Å². The minimum absolute atomic E-state index is 0.0637. The molecule has 0 aromatic carbocycles. The Kier molecular flexibility index (Phi) is 23.0. The number of rotatable bonds is 24. The van der Waals surface area contributed by atoms with Crippen LogP contribution < -0.4 is 0 Å². The second kappa shape index (κ2) is 26.5. The van der Waals surface area contributed by atoms with E-state index in [1.54, 1.807) is 28.1 Å². The quantitative estimate of drug-likeness (QED) is 0.0377. The summed E-state index contributed by atoms with van der Waals surface area (Å²) in [6.07, 6.45) is 11.0. The lowest BCUT2D eigenvalue weighted by molar-refractivity contribution is -0.265. The molecule has 3 fully saturated rings. The van der Waals surface area contributed by atoms with E-state index in [-0.39, 0.29) is 48.2 Å². The fourth-order valence-electron chi connectivity index (χ4n) is 10.1. The van der Waals surface area contributed by atoms with Crippen molar-refractivity contribution in [2.24, 2.45) is 35.5 Å². The van der Waals surface area contributed by atoms with Gasteiger partial charge in [0.05, 0.1) is 24.4 Å². The molecule has 0 spiro atoms. The van der Waals surface area contributed by atoms with Crippen LogP contribution in [0.1, 0.15) is 146 Å². The molecule has 64 heavy (non-hydrogen) atoms. The van der Waals surface area contributed by atoms with Crippen LogP contribution in [0.4, 0.5) is 0 Å². The predicted molar refractivity (Wildman–Crippen MR) is 247 cm³/mol. The highest BCUT2D eigenvalue weighted by molar-refractivity contribution is 6.39. The Hall–Kier alpha value is -2.78. The van der Waals surface area contributed by atoms with Crippen LogP contribution in [0.3, 0.4) is 0 Å². The summed E-state index contributed by atoms with van der Waals surface area (Å²) in [5, 5.41) is 33.6. The van der Waals surface area contributed by atoms with Crippen molar-refractivity contribution in [3.8, 4) is 0 Å². The van der Waals surface area contributed by atoms with Gasteiger partial charge in [0.25, 0.3) is 11.7 Å². The number of hydrogen-bond donors (Lipinski definition) is 3. The van der Waals surface area contributed by atoms with Crippen molar-refractivity contribution in [1.82, 2.24) is 4.90 Å². The molecule has 1 aliphatic carbocycles. The van der Waals surface area contributed by atoms with E-state index < -0.39 is 65.9 Å². The van der Waals surface area contributed by atoms with Crippen molar-refractivity contribution in [3.63, 3.8) is 0 Å². The number of methoxy groups -OCH3 is 3. The topological polar surface area (TPSA) is 178 Å². The molecule has 1 saturated carbocycles. The van der Waals surface area contributed by atoms with Crippen molar-refractivity contribution in [2.75, 3.05) is 27.9 Å². The summed E-state index contributed by atoms with van der Waals surface area (Å²) in [6.45, 7) is 17.6. The lowest BCUT2D eigenvalue weighted by atomic mass is 9.78. The SMILES string of the molecule is C/C=C/C=C(\C)[C@H](C[C@@H]1CC[C@@H](C)[C@](O)(C(=O)C(=O)N2CCCC[C@H]2C(=O)O[C@@H](CC[C@H](C)/C=C(\C)[C@@H](O)[C@@H](OC)C(=O)[C@H](C)CC(C)C)[C@H](C)C[C@H]2CC[C@@H](O)[C@H](OC)C2)O1)OC.